The molecule has 0 aliphatic heterocycles. The molecule has 0 radical (unpaired) electrons. The summed E-state index contributed by atoms with van der Waals surface area (Å²) in [6, 6.07) is 0. The van der Waals surface area contributed by atoms with Gasteiger partial charge in [0.15, 0.2) is 0 Å². The molecule has 1 rings (SSSR count). The largest absolute Gasteiger partial charge is 0.246 e. The van der Waals surface area contributed by atoms with Crippen molar-refractivity contribution < 1.29 is 0 Å². The SMILES string of the molecule is Cc1nc(CC=CCCCl)cs1. The Morgan fingerprint density at radius 1 is 1.58 bits per heavy atom. The molecule has 0 atom stereocenters. The van der Waals surface area contributed by atoms with Crippen molar-refractivity contribution in [3.05, 3.63) is 28.2 Å². The molecule has 0 saturated carbocycles. The Labute approximate surface area is 82.1 Å². The first-order valence-electron chi connectivity index (χ1n) is 3.95. The molecule has 1 nitrogen and oxygen atoms in total. The number of alkyl halides is 1. The maximum Gasteiger partial charge on any atom is 0.0897 e. The lowest BCUT2D eigenvalue weighted by Crippen LogP contribution is -1.80. The van der Waals surface area contributed by atoms with Crippen LogP contribution in [0.5, 0.6) is 0 Å². The fourth-order valence-electron chi connectivity index (χ4n) is 0.887. The van der Waals surface area contributed by atoms with Gasteiger partial charge in [-0.25, -0.2) is 4.98 Å². The lowest BCUT2D eigenvalue weighted by molar-refractivity contribution is 1.10. The lowest BCUT2D eigenvalue weighted by atomic mass is 10.3. The Hall–Kier alpha value is -0.340. The predicted molar refractivity (Wildman–Crippen MR) is 55.0 cm³/mol. The van der Waals surface area contributed by atoms with Crippen LogP contribution < -0.4 is 0 Å². The summed E-state index contributed by atoms with van der Waals surface area (Å²) in [5.41, 5.74) is 1.16. The second kappa shape index (κ2) is 5.33. The van der Waals surface area contributed by atoms with E-state index in [1.165, 1.54) is 0 Å². The number of halogens is 1. The van der Waals surface area contributed by atoms with E-state index < -0.39 is 0 Å². The van der Waals surface area contributed by atoms with E-state index in [0.717, 1.165) is 23.5 Å². The zero-order chi connectivity index (χ0) is 8.81. The summed E-state index contributed by atoms with van der Waals surface area (Å²) in [5.74, 6) is 0.701. The second-order valence-corrected chi connectivity index (χ2v) is 3.95. The highest BCUT2D eigenvalue weighted by Crippen LogP contribution is 2.08. The number of hydrogen-bond acceptors (Lipinski definition) is 2. The van der Waals surface area contributed by atoms with Crippen molar-refractivity contribution in [2.75, 3.05) is 5.88 Å². The zero-order valence-electron chi connectivity index (χ0n) is 7.09. The molecule has 0 bridgehead atoms. The van der Waals surface area contributed by atoms with Crippen molar-refractivity contribution in [1.82, 2.24) is 4.98 Å². The van der Waals surface area contributed by atoms with Crippen molar-refractivity contribution in [1.29, 1.82) is 0 Å². The Bertz CT molecular complexity index is 255. The number of nitrogens with zero attached hydrogens (tertiary/aromatic N) is 1. The van der Waals surface area contributed by atoms with Gasteiger partial charge in [0.25, 0.3) is 0 Å². The molecule has 0 unspecified atom stereocenters. The van der Waals surface area contributed by atoms with E-state index in [0.29, 0.717) is 5.88 Å². The number of thiazole rings is 1. The molecule has 1 heterocycles. The third-order valence-electron chi connectivity index (χ3n) is 1.44. The standard InChI is InChI=1S/C9H12ClNS/c1-8-11-9(7-12-8)5-3-2-4-6-10/h2-3,7H,4-6H2,1H3. The van der Waals surface area contributed by atoms with Crippen LogP contribution in [0.25, 0.3) is 0 Å². The van der Waals surface area contributed by atoms with Crippen molar-refractivity contribution in [2.24, 2.45) is 0 Å². The topological polar surface area (TPSA) is 12.9 Å². The maximum absolute atomic E-state index is 5.52. The highest BCUT2D eigenvalue weighted by Gasteiger charge is 1.93. The fraction of sp³-hybridized carbons (Fsp3) is 0.444. The minimum absolute atomic E-state index is 0.701. The van der Waals surface area contributed by atoms with E-state index in [2.05, 4.69) is 22.5 Å². The van der Waals surface area contributed by atoms with Gasteiger partial charge in [-0.05, 0) is 13.3 Å². The molecule has 0 saturated heterocycles. The van der Waals surface area contributed by atoms with Crippen LogP contribution in [0.4, 0.5) is 0 Å². The first kappa shape index (κ1) is 9.75. The molecule has 0 amide bonds. The van der Waals surface area contributed by atoms with Gasteiger partial charge < -0.3 is 0 Å². The van der Waals surface area contributed by atoms with Gasteiger partial charge in [0.05, 0.1) is 10.7 Å². The molecule has 0 aliphatic carbocycles. The average Bonchev–Trinajstić information content (AvgIpc) is 2.45. The lowest BCUT2D eigenvalue weighted by Gasteiger charge is -1.86. The second-order valence-electron chi connectivity index (χ2n) is 2.51. The predicted octanol–water partition coefficient (Wildman–Crippen LogP) is 3.18. The van der Waals surface area contributed by atoms with Crippen LogP contribution in [-0.4, -0.2) is 10.9 Å². The molecular weight excluding hydrogens is 190 g/mol. The molecule has 1 aromatic rings. The van der Waals surface area contributed by atoms with E-state index in [1.807, 2.05) is 6.92 Å². The van der Waals surface area contributed by atoms with Gasteiger partial charge >= 0.3 is 0 Å². The molecule has 0 spiro atoms. The van der Waals surface area contributed by atoms with Crippen molar-refractivity contribution in [2.45, 2.75) is 19.8 Å². The summed E-state index contributed by atoms with van der Waals surface area (Å²) in [4.78, 5) is 4.34. The monoisotopic (exact) mass is 201 g/mol. The number of aryl methyl sites for hydroxylation is 1. The minimum atomic E-state index is 0.701. The molecule has 0 N–H and O–H groups in total. The summed E-state index contributed by atoms with van der Waals surface area (Å²) in [6.45, 7) is 2.02. The van der Waals surface area contributed by atoms with Crippen molar-refractivity contribution >= 4 is 22.9 Å². The Kier molecular flexibility index (Phi) is 4.33. The molecule has 12 heavy (non-hydrogen) atoms. The molecular formula is C9H12ClNS. The van der Waals surface area contributed by atoms with Gasteiger partial charge in [0.2, 0.25) is 0 Å². The van der Waals surface area contributed by atoms with Crippen LogP contribution in [-0.2, 0) is 6.42 Å². The number of aromatic nitrogens is 1. The highest BCUT2D eigenvalue weighted by atomic mass is 35.5. The molecule has 66 valence electrons. The van der Waals surface area contributed by atoms with Crippen LogP contribution in [0.2, 0.25) is 0 Å². The first-order chi connectivity index (χ1) is 5.83. The number of rotatable bonds is 4. The summed E-state index contributed by atoms with van der Waals surface area (Å²) >= 11 is 7.22. The van der Waals surface area contributed by atoms with Crippen LogP contribution in [0.15, 0.2) is 17.5 Å². The number of allylic oxidation sites excluding steroid dienone is 2. The third-order valence-corrected chi connectivity index (χ3v) is 2.48. The first-order valence-corrected chi connectivity index (χ1v) is 5.36. The van der Waals surface area contributed by atoms with Crippen LogP contribution >= 0.6 is 22.9 Å². The maximum atomic E-state index is 5.52. The average molecular weight is 202 g/mol. The molecule has 3 heteroatoms. The van der Waals surface area contributed by atoms with Gasteiger partial charge in [0.1, 0.15) is 0 Å². The van der Waals surface area contributed by atoms with Crippen molar-refractivity contribution in [3.8, 4) is 0 Å². The molecule has 1 aromatic heterocycles. The van der Waals surface area contributed by atoms with Gasteiger partial charge in [-0.2, -0.15) is 0 Å². The Morgan fingerprint density at radius 3 is 3.00 bits per heavy atom. The van der Waals surface area contributed by atoms with Crippen LogP contribution in [0.3, 0.4) is 0 Å². The third kappa shape index (κ3) is 3.37. The molecule has 0 aliphatic rings. The molecule has 0 fully saturated rings. The Balaban J connectivity index is 2.33. The quantitative estimate of drug-likeness (QED) is 0.539. The van der Waals surface area contributed by atoms with Crippen LogP contribution in [0, 0.1) is 6.92 Å². The van der Waals surface area contributed by atoms with Crippen LogP contribution in [0.1, 0.15) is 17.1 Å². The summed E-state index contributed by atoms with van der Waals surface area (Å²) in [5, 5.41) is 3.23. The van der Waals surface area contributed by atoms with Gasteiger partial charge in [-0.1, -0.05) is 12.2 Å². The summed E-state index contributed by atoms with van der Waals surface area (Å²) in [6.07, 6.45) is 6.10. The zero-order valence-corrected chi connectivity index (χ0v) is 8.66. The minimum Gasteiger partial charge on any atom is -0.246 e. The molecule has 0 aromatic carbocycles. The van der Waals surface area contributed by atoms with Gasteiger partial charge in [-0.15, -0.1) is 22.9 Å². The smallest absolute Gasteiger partial charge is 0.0897 e. The van der Waals surface area contributed by atoms with E-state index in [9.17, 15) is 0 Å². The van der Waals surface area contributed by atoms with E-state index in [1.54, 1.807) is 11.3 Å². The van der Waals surface area contributed by atoms with Gasteiger partial charge in [-0.3, -0.25) is 0 Å². The normalized spacial score (nSPS) is 11.2. The summed E-state index contributed by atoms with van der Waals surface area (Å²) < 4.78 is 0. The Morgan fingerprint density at radius 2 is 2.42 bits per heavy atom. The summed E-state index contributed by atoms with van der Waals surface area (Å²) in [7, 11) is 0. The number of hydrogen-bond donors (Lipinski definition) is 0. The fourth-order valence-corrected chi connectivity index (χ4v) is 1.64. The van der Waals surface area contributed by atoms with E-state index in [-0.39, 0.29) is 0 Å². The van der Waals surface area contributed by atoms with E-state index >= 15 is 0 Å². The highest BCUT2D eigenvalue weighted by molar-refractivity contribution is 7.09. The van der Waals surface area contributed by atoms with Gasteiger partial charge in [0, 0.05) is 17.7 Å². The van der Waals surface area contributed by atoms with Crippen molar-refractivity contribution in [3.63, 3.8) is 0 Å². The van der Waals surface area contributed by atoms with E-state index in [4.69, 9.17) is 11.6 Å².